The Balaban J connectivity index is 1.50. The fraction of sp³-hybridized carbons (Fsp3) is 0.552. The van der Waals surface area contributed by atoms with Gasteiger partial charge in [-0.25, -0.2) is 0 Å². The molecule has 4 rings (SSSR count). The number of rotatable bonds is 10. The zero-order valence-corrected chi connectivity index (χ0v) is 23.2. The average Bonchev–Trinajstić information content (AvgIpc) is 2.94. The first-order valence-corrected chi connectivity index (χ1v) is 13.7. The largest absolute Gasteiger partial charge is 0.488 e. The summed E-state index contributed by atoms with van der Waals surface area (Å²) in [5.74, 6) is 0.183. The van der Waals surface area contributed by atoms with Gasteiger partial charge >= 0.3 is 0 Å². The van der Waals surface area contributed by atoms with Crippen LogP contribution >= 0.6 is 0 Å². The summed E-state index contributed by atoms with van der Waals surface area (Å²) < 4.78 is 11.9. The van der Waals surface area contributed by atoms with E-state index in [0.717, 1.165) is 25.2 Å². The predicted octanol–water partition coefficient (Wildman–Crippen LogP) is 2.09. The minimum absolute atomic E-state index is 0.0237. The molecule has 2 aliphatic rings. The number of carbonyl (C=O) groups is 2. The monoisotopic (exact) mass is 539 g/mol. The molecule has 2 amide bonds. The molecule has 0 radical (unpaired) electrons. The SMILES string of the molecule is C[C@@H]1CN([C@@H](C)CO)C(=O)c2cc(NC(=O)CCN3CCOCC3)ccc2O[C@@H]1CN(C)Cc1ccncc1. The Hall–Kier alpha value is -3.05. The van der Waals surface area contributed by atoms with Crippen molar-refractivity contribution >= 4 is 17.5 Å². The van der Waals surface area contributed by atoms with E-state index in [2.05, 4.69) is 27.0 Å². The molecule has 1 saturated heterocycles. The zero-order chi connectivity index (χ0) is 27.8. The molecule has 0 aliphatic carbocycles. The molecule has 0 saturated carbocycles. The molecule has 10 nitrogen and oxygen atoms in total. The summed E-state index contributed by atoms with van der Waals surface area (Å²) >= 11 is 0. The van der Waals surface area contributed by atoms with Crippen LogP contribution in [0.1, 0.15) is 36.2 Å². The zero-order valence-electron chi connectivity index (χ0n) is 23.2. The number of likely N-dealkylation sites (N-methyl/N-ethyl adjacent to an activating group) is 1. The molecule has 2 N–H and O–H groups in total. The standard InChI is InChI=1S/C29H41N5O5/c1-21-17-34(22(2)20-35)29(37)25-16-24(31-28(36)8-11-33-12-14-38-15-13-33)4-5-26(25)39-27(21)19-32(3)18-23-6-9-30-10-7-23/h4-7,9-10,16,21-22,27,35H,8,11-15,17-20H2,1-3H3,(H,31,36)/t21-,22+,27-/m1/s1. The van der Waals surface area contributed by atoms with Crippen LogP contribution in [-0.2, 0) is 16.1 Å². The first-order chi connectivity index (χ1) is 18.8. The van der Waals surface area contributed by atoms with Gasteiger partial charge in [-0.3, -0.25) is 24.4 Å². The minimum Gasteiger partial charge on any atom is -0.488 e. The molecule has 0 unspecified atom stereocenters. The number of aliphatic hydroxyl groups is 1. The third kappa shape index (κ3) is 7.98. The summed E-state index contributed by atoms with van der Waals surface area (Å²) in [4.78, 5) is 36.6. The predicted molar refractivity (Wildman–Crippen MR) is 149 cm³/mol. The van der Waals surface area contributed by atoms with Gasteiger partial charge in [0, 0.05) is 69.7 Å². The number of morpholine rings is 1. The van der Waals surface area contributed by atoms with Crippen LogP contribution in [0.5, 0.6) is 5.75 Å². The van der Waals surface area contributed by atoms with Gasteiger partial charge in [0.1, 0.15) is 11.9 Å². The second-order valence-corrected chi connectivity index (χ2v) is 10.6. The van der Waals surface area contributed by atoms with Gasteiger partial charge in [0.2, 0.25) is 5.91 Å². The van der Waals surface area contributed by atoms with Crippen molar-refractivity contribution in [3.8, 4) is 5.75 Å². The number of hydrogen-bond donors (Lipinski definition) is 2. The van der Waals surface area contributed by atoms with Crippen molar-refractivity contribution in [2.45, 2.75) is 39.0 Å². The maximum atomic E-state index is 13.7. The van der Waals surface area contributed by atoms with Gasteiger partial charge in [-0.1, -0.05) is 6.92 Å². The number of nitrogens with one attached hydrogen (secondary N) is 1. The molecule has 0 bridgehead atoms. The Morgan fingerprint density at radius 3 is 2.69 bits per heavy atom. The lowest BCUT2D eigenvalue weighted by atomic mass is 9.99. The van der Waals surface area contributed by atoms with Gasteiger partial charge in [-0.15, -0.1) is 0 Å². The van der Waals surface area contributed by atoms with E-state index < -0.39 is 0 Å². The Morgan fingerprint density at radius 1 is 1.23 bits per heavy atom. The Morgan fingerprint density at radius 2 is 1.97 bits per heavy atom. The smallest absolute Gasteiger partial charge is 0.258 e. The molecule has 0 spiro atoms. The van der Waals surface area contributed by atoms with Crippen molar-refractivity contribution in [2.24, 2.45) is 5.92 Å². The number of carbonyl (C=O) groups excluding carboxylic acids is 2. The van der Waals surface area contributed by atoms with Crippen molar-refractivity contribution in [3.63, 3.8) is 0 Å². The number of fused-ring (bicyclic) bond motifs is 1. The lowest BCUT2D eigenvalue weighted by Crippen LogP contribution is -2.49. The van der Waals surface area contributed by atoms with Gasteiger partial charge < -0.3 is 24.8 Å². The summed E-state index contributed by atoms with van der Waals surface area (Å²) in [6.45, 7) is 9.32. The lowest BCUT2D eigenvalue weighted by molar-refractivity contribution is -0.116. The molecule has 1 fully saturated rings. The van der Waals surface area contributed by atoms with E-state index in [1.807, 2.05) is 26.1 Å². The quantitative estimate of drug-likeness (QED) is 0.473. The van der Waals surface area contributed by atoms with Crippen molar-refractivity contribution in [3.05, 3.63) is 53.9 Å². The van der Waals surface area contributed by atoms with E-state index in [0.29, 0.717) is 56.3 Å². The minimum atomic E-state index is -0.354. The number of ether oxygens (including phenoxy) is 2. The molecule has 212 valence electrons. The summed E-state index contributed by atoms with van der Waals surface area (Å²) in [5.41, 5.74) is 2.09. The van der Waals surface area contributed by atoms with Crippen LogP contribution in [0.4, 0.5) is 5.69 Å². The summed E-state index contributed by atoms with van der Waals surface area (Å²) in [6.07, 6.45) is 3.74. The third-order valence-corrected chi connectivity index (χ3v) is 7.40. The van der Waals surface area contributed by atoms with Crippen LogP contribution in [0.3, 0.4) is 0 Å². The van der Waals surface area contributed by atoms with Crippen molar-refractivity contribution in [1.82, 2.24) is 19.7 Å². The van der Waals surface area contributed by atoms with Gasteiger partial charge in [-0.05, 0) is 49.9 Å². The molecule has 3 atom stereocenters. The van der Waals surface area contributed by atoms with Crippen molar-refractivity contribution in [2.75, 3.05) is 64.9 Å². The molecule has 10 heteroatoms. The fourth-order valence-electron chi connectivity index (χ4n) is 5.00. The first kappa shape index (κ1) is 28.9. The number of hydrogen-bond acceptors (Lipinski definition) is 8. The van der Waals surface area contributed by atoms with Crippen LogP contribution in [-0.4, -0.2) is 108 Å². The van der Waals surface area contributed by atoms with Crippen LogP contribution in [0, 0.1) is 5.92 Å². The Kier molecular flexibility index (Phi) is 10.3. The highest BCUT2D eigenvalue weighted by Gasteiger charge is 2.33. The number of nitrogens with zero attached hydrogens (tertiary/aromatic N) is 4. The third-order valence-electron chi connectivity index (χ3n) is 7.40. The number of benzene rings is 1. The average molecular weight is 540 g/mol. The van der Waals surface area contributed by atoms with E-state index in [1.54, 1.807) is 35.5 Å². The van der Waals surface area contributed by atoms with E-state index in [-0.39, 0.29) is 36.5 Å². The second kappa shape index (κ2) is 13.8. The van der Waals surface area contributed by atoms with Crippen LogP contribution in [0.15, 0.2) is 42.7 Å². The maximum Gasteiger partial charge on any atom is 0.258 e. The molecule has 2 aromatic rings. The summed E-state index contributed by atoms with van der Waals surface area (Å²) in [6, 6.07) is 8.87. The Labute approximate surface area is 230 Å². The summed E-state index contributed by atoms with van der Waals surface area (Å²) in [7, 11) is 2.05. The lowest BCUT2D eigenvalue weighted by Gasteiger charge is -2.38. The van der Waals surface area contributed by atoms with Crippen LogP contribution < -0.4 is 10.1 Å². The highest BCUT2D eigenvalue weighted by atomic mass is 16.5. The molecule has 1 aromatic carbocycles. The maximum absolute atomic E-state index is 13.7. The summed E-state index contributed by atoms with van der Waals surface area (Å²) in [5, 5.41) is 12.8. The molecule has 3 heterocycles. The van der Waals surface area contributed by atoms with Crippen LogP contribution in [0.25, 0.3) is 0 Å². The van der Waals surface area contributed by atoms with Crippen molar-refractivity contribution < 1.29 is 24.2 Å². The number of aromatic nitrogens is 1. The van der Waals surface area contributed by atoms with E-state index in [1.165, 1.54) is 0 Å². The molecular formula is C29H41N5O5. The van der Waals surface area contributed by atoms with Gasteiger partial charge in [0.25, 0.3) is 5.91 Å². The molecular weight excluding hydrogens is 498 g/mol. The van der Waals surface area contributed by atoms with E-state index >= 15 is 0 Å². The molecule has 39 heavy (non-hydrogen) atoms. The second-order valence-electron chi connectivity index (χ2n) is 10.6. The Bertz CT molecular complexity index is 1090. The highest BCUT2D eigenvalue weighted by Crippen LogP contribution is 2.31. The van der Waals surface area contributed by atoms with Crippen molar-refractivity contribution in [1.29, 1.82) is 0 Å². The van der Waals surface area contributed by atoms with Crippen LogP contribution in [0.2, 0.25) is 0 Å². The molecule has 1 aromatic heterocycles. The number of anilines is 1. The fourth-order valence-corrected chi connectivity index (χ4v) is 5.00. The van der Waals surface area contributed by atoms with Gasteiger partial charge in [0.15, 0.2) is 0 Å². The van der Waals surface area contributed by atoms with Gasteiger partial charge in [-0.2, -0.15) is 0 Å². The van der Waals surface area contributed by atoms with E-state index in [9.17, 15) is 14.7 Å². The number of aliphatic hydroxyl groups excluding tert-OH is 1. The normalized spacial score (nSPS) is 21.1. The van der Waals surface area contributed by atoms with E-state index in [4.69, 9.17) is 9.47 Å². The highest BCUT2D eigenvalue weighted by molar-refractivity contribution is 5.99. The molecule has 2 aliphatic heterocycles. The number of amides is 2. The number of pyridine rings is 1. The topological polar surface area (TPSA) is 107 Å². The van der Waals surface area contributed by atoms with Gasteiger partial charge in [0.05, 0.1) is 31.4 Å². The first-order valence-electron chi connectivity index (χ1n) is 13.7.